The van der Waals surface area contributed by atoms with Crippen LogP contribution in [0.2, 0.25) is 0 Å². The molecule has 1 fully saturated rings. The van der Waals surface area contributed by atoms with Crippen molar-refractivity contribution in [1.82, 2.24) is 20.4 Å². The van der Waals surface area contributed by atoms with Crippen LogP contribution in [0.1, 0.15) is 24.4 Å². The van der Waals surface area contributed by atoms with E-state index in [1.165, 1.54) is 0 Å². The Morgan fingerprint density at radius 2 is 1.87 bits per heavy atom. The van der Waals surface area contributed by atoms with Crippen LogP contribution < -0.4 is 15.4 Å². The fourth-order valence-corrected chi connectivity index (χ4v) is 3.40. The molecular formula is C20H30F3N5O2. The smallest absolute Gasteiger partial charge is 0.406 e. The van der Waals surface area contributed by atoms with Crippen molar-refractivity contribution in [2.75, 3.05) is 53.9 Å². The summed E-state index contributed by atoms with van der Waals surface area (Å²) < 4.78 is 42.5. The lowest BCUT2D eigenvalue weighted by atomic mass is 10.1. The molecule has 1 atom stereocenters. The van der Waals surface area contributed by atoms with Crippen LogP contribution in [0.15, 0.2) is 29.3 Å². The van der Waals surface area contributed by atoms with Gasteiger partial charge in [-0.3, -0.25) is 14.7 Å². The first-order valence-corrected chi connectivity index (χ1v) is 9.86. The van der Waals surface area contributed by atoms with Gasteiger partial charge in [-0.15, -0.1) is 0 Å². The maximum absolute atomic E-state index is 12.4. The number of aliphatic imine (C=N–C) groups is 1. The molecule has 1 aliphatic heterocycles. The van der Waals surface area contributed by atoms with Crippen molar-refractivity contribution < 1.29 is 22.7 Å². The third-order valence-corrected chi connectivity index (χ3v) is 5.02. The Balaban J connectivity index is 1.94. The van der Waals surface area contributed by atoms with Crippen LogP contribution in [-0.4, -0.2) is 81.8 Å². The number of nitrogens with one attached hydrogen (secondary N) is 2. The molecule has 1 unspecified atom stereocenters. The molecule has 0 aromatic heterocycles. The normalized spacial score (nSPS) is 16.3. The van der Waals surface area contributed by atoms with Crippen LogP contribution in [0.25, 0.3) is 0 Å². The highest BCUT2D eigenvalue weighted by molar-refractivity contribution is 5.86. The summed E-state index contributed by atoms with van der Waals surface area (Å²) >= 11 is 0. The van der Waals surface area contributed by atoms with Crippen molar-refractivity contribution in [3.8, 4) is 5.75 Å². The summed E-state index contributed by atoms with van der Waals surface area (Å²) in [5.74, 6) is 0.480. The number of carbonyl (C=O) groups excluding carboxylic acids is 1. The highest BCUT2D eigenvalue weighted by atomic mass is 19.4. The second kappa shape index (κ2) is 11.1. The number of halogens is 3. The number of hydrogen-bond donors (Lipinski definition) is 2. The predicted octanol–water partition coefficient (Wildman–Crippen LogP) is 2.02. The maximum Gasteiger partial charge on any atom is 0.406 e. The molecule has 168 valence electrons. The van der Waals surface area contributed by atoms with E-state index in [1.54, 1.807) is 14.2 Å². The van der Waals surface area contributed by atoms with Gasteiger partial charge in [0.25, 0.3) is 0 Å². The summed E-state index contributed by atoms with van der Waals surface area (Å²) in [6.07, 6.45) is -2.15. The lowest BCUT2D eigenvalue weighted by Crippen LogP contribution is -2.47. The van der Waals surface area contributed by atoms with Gasteiger partial charge in [-0.1, -0.05) is 12.1 Å². The van der Waals surface area contributed by atoms with Crippen molar-refractivity contribution in [3.05, 3.63) is 29.8 Å². The number of alkyl halides is 3. The van der Waals surface area contributed by atoms with E-state index in [2.05, 4.69) is 20.5 Å². The molecule has 1 saturated heterocycles. The molecule has 0 spiro atoms. The SMILES string of the molecule is CN=C(NCC(=O)N(C)CC(F)(F)F)NCC(c1ccc(OC)cc1)N1CCCC1. The highest BCUT2D eigenvalue weighted by Crippen LogP contribution is 2.26. The van der Waals surface area contributed by atoms with Crippen molar-refractivity contribution in [1.29, 1.82) is 0 Å². The van der Waals surface area contributed by atoms with Gasteiger partial charge >= 0.3 is 6.18 Å². The summed E-state index contributed by atoms with van der Waals surface area (Å²) in [5.41, 5.74) is 1.13. The van der Waals surface area contributed by atoms with Crippen molar-refractivity contribution in [3.63, 3.8) is 0 Å². The molecule has 30 heavy (non-hydrogen) atoms. The van der Waals surface area contributed by atoms with Gasteiger partial charge in [0.1, 0.15) is 12.3 Å². The molecule has 0 bridgehead atoms. The first kappa shape index (κ1) is 23.8. The minimum Gasteiger partial charge on any atom is -0.497 e. The number of carbonyl (C=O) groups is 1. The van der Waals surface area contributed by atoms with Gasteiger partial charge in [0, 0.05) is 20.6 Å². The second-order valence-corrected chi connectivity index (χ2v) is 7.20. The van der Waals surface area contributed by atoms with E-state index in [9.17, 15) is 18.0 Å². The van der Waals surface area contributed by atoms with E-state index in [0.717, 1.165) is 44.3 Å². The fraction of sp³-hybridized carbons (Fsp3) is 0.600. The van der Waals surface area contributed by atoms with Gasteiger partial charge in [-0.2, -0.15) is 13.2 Å². The molecule has 1 aromatic carbocycles. The van der Waals surface area contributed by atoms with Gasteiger partial charge in [0.2, 0.25) is 5.91 Å². The average molecular weight is 429 g/mol. The Morgan fingerprint density at radius 1 is 1.23 bits per heavy atom. The number of hydrogen-bond acceptors (Lipinski definition) is 4. The molecule has 1 aromatic rings. The molecule has 10 heteroatoms. The maximum atomic E-state index is 12.4. The molecule has 0 radical (unpaired) electrons. The zero-order valence-electron chi connectivity index (χ0n) is 17.6. The van der Waals surface area contributed by atoms with Crippen LogP contribution in [0.5, 0.6) is 5.75 Å². The van der Waals surface area contributed by atoms with Crippen molar-refractivity contribution in [2.45, 2.75) is 25.1 Å². The summed E-state index contributed by atoms with van der Waals surface area (Å²) in [6, 6.07) is 7.98. The lowest BCUT2D eigenvalue weighted by Gasteiger charge is -2.29. The summed E-state index contributed by atoms with van der Waals surface area (Å²) in [5, 5.41) is 5.98. The van der Waals surface area contributed by atoms with Crippen LogP contribution >= 0.6 is 0 Å². The zero-order valence-corrected chi connectivity index (χ0v) is 17.6. The van der Waals surface area contributed by atoms with Gasteiger partial charge < -0.3 is 20.3 Å². The predicted molar refractivity (Wildman–Crippen MR) is 110 cm³/mol. The summed E-state index contributed by atoms with van der Waals surface area (Å²) in [7, 11) is 4.30. The summed E-state index contributed by atoms with van der Waals surface area (Å²) in [6.45, 7) is 0.964. The molecule has 2 N–H and O–H groups in total. The van der Waals surface area contributed by atoms with Crippen LogP contribution in [-0.2, 0) is 4.79 Å². The van der Waals surface area contributed by atoms with Gasteiger partial charge in [0.05, 0.1) is 19.7 Å². The topological polar surface area (TPSA) is 69.2 Å². The van der Waals surface area contributed by atoms with Crippen molar-refractivity contribution >= 4 is 11.9 Å². The van der Waals surface area contributed by atoms with E-state index in [4.69, 9.17) is 4.74 Å². The average Bonchev–Trinajstić information content (AvgIpc) is 3.23. The Labute approximate surface area is 175 Å². The number of nitrogens with zero attached hydrogens (tertiary/aromatic N) is 3. The van der Waals surface area contributed by atoms with E-state index < -0.39 is 18.6 Å². The molecule has 1 amide bonds. The Morgan fingerprint density at radius 3 is 2.40 bits per heavy atom. The lowest BCUT2D eigenvalue weighted by molar-refractivity contribution is -0.157. The van der Waals surface area contributed by atoms with E-state index in [1.807, 2.05) is 24.3 Å². The zero-order chi connectivity index (χ0) is 22.1. The number of methoxy groups -OCH3 is 1. The Kier molecular flexibility index (Phi) is 8.76. The molecule has 7 nitrogen and oxygen atoms in total. The van der Waals surface area contributed by atoms with Crippen LogP contribution in [0.4, 0.5) is 13.2 Å². The third kappa shape index (κ3) is 7.40. The Bertz CT molecular complexity index is 703. The molecule has 1 aliphatic rings. The molecule has 0 aliphatic carbocycles. The van der Waals surface area contributed by atoms with Crippen LogP contribution in [0, 0.1) is 0 Å². The van der Waals surface area contributed by atoms with Crippen LogP contribution in [0.3, 0.4) is 0 Å². The number of ether oxygens (including phenoxy) is 1. The minimum absolute atomic E-state index is 0.0977. The number of rotatable bonds is 8. The third-order valence-electron chi connectivity index (χ3n) is 5.02. The number of likely N-dealkylation sites (tertiary alicyclic amines) is 1. The first-order valence-electron chi connectivity index (χ1n) is 9.86. The Hall–Kier alpha value is -2.49. The standard InChI is InChI=1S/C20H30F3N5O2/c1-24-19(26-13-18(29)27(2)14-20(21,22)23)25-12-17(28-10-4-5-11-28)15-6-8-16(30-3)9-7-15/h6-9,17H,4-5,10-14H2,1-3H3,(H2,24,25,26). The van der Waals surface area contributed by atoms with Gasteiger partial charge in [-0.25, -0.2) is 0 Å². The monoisotopic (exact) mass is 429 g/mol. The first-order chi connectivity index (χ1) is 14.2. The molecule has 2 rings (SSSR count). The number of benzene rings is 1. The molecule has 1 heterocycles. The number of likely N-dealkylation sites (N-methyl/N-ethyl adjacent to an activating group) is 1. The van der Waals surface area contributed by atoms with Crippen molar-refractivity contribution in [2.24, 2.45) is 4.99 Å². The van der Waals surface area contributed by atoms with E-state index in [0.29, 0.717) is 17.4 Å². The van der Waals surface area contributed by atoms with E-state index >= 15 is 0 Å². The molecule has 0 saturated carbocycles. The quantitative estimate of drug-likeness (QED) is 0.489. The molecular weight excluding hydrogens is 399 g/mol. The largest absolute Gasteiger partial charge is 0.497 e. The highest BCUT2D eigenvalue weighted by Gasteiger charge is 2.31. The second-order valence-electron chi connectivity index (χ2n) is 7.20. The van der Waals surface area contributed by atoms with Gasteiger partial charge in [0.15, 0.2) is 5.96 Å². The fourth-order valence-electron chi connectivity index (χ4n) is 3.40. The number of amides is 1. The number of guanidine groups is 1. The minimum atomic E-state index is -4.42. The summed E-state index contributed by atoms with van der Waals surface area (Å²) in [4.78, 5) is 19.0. The van der Waals surface area contributed by atoms with E-state index in [-0.39, 0.29) is 12.6 Å². The van der Waals surface area contributed by atoms with Gasteiger partial charge in [-0.05, 0) is 43.6 Å².